The fourth-order valence-corrected chi connectivity index (χ4v) is 1.70. The quantitative estimate of drug-likeness (QED) is 0.705. The first-order valence-corrected chi connectivity index (χ1v) is 5.03. The van der Waals surface area contributed by atoms with Crippen LogP contribution in [0, 0.1) is 5.92 Å². The monoisotopic (exact) mass is 172 g/mol. The van der Waals surface area contributed by atoms with Crippen LogP contribution in [0.3, 0.4) is 0 Å². The fraction of sp³-hybridized carbons (Fsp3) is 1.00. The van der Waals surface area contributed by atoms with Crippen molar-refractivity contribution in [2.75, 3.05) is 6.61 Å². The van der Waals surface area contributed by atoms with Gasteiger partial charge in [0.15, 0.2) is 0 Å². The molecule has 0 aromatic heterocycles. The molecule has 0 saturated heterocycles. The van der Waals surface area contributed by atoms with Crippen molar-refractivity contribution >= 4 is 0 Å². The van der Waals surface area contributed by atoms with E-state index in [-0.39, 0.29) is 6.10 Å². The summed E-state index contributed by atoms with van der Waals surface area (Å²) in [6, 6.07) is 0. The molecule has 1 aliphatic rings. The van der Waals surface area contributed by atoms with E-state index in [1.165, 1.54) is 0 Å². The van der Waals surface area contributed by atoms with E-state index in [1.54, 1.807) is 0 Å². The molecule has 0 radical (unpaired) electrons. The van der Waals surface area contributed by atoms with Crippen LogP contribution in [0.15, 0.2) is 0 Å². The maximum atomic E-state index is 9.57. The molecule has 2 heteroatoms. The molecule has 1 saturated carbocycles. The second kappa shape index (κ2) is 4.83. The Morgan fingerprint density at radius 3 is 2.75 bits per heavy atom. The van der Waals surface area contributed by atoms with Gasteiger partial charge in [-0.2, -0.15) is 0 Å². The molecule has 0 bridgehead atoms. The second-order valence-corrected chi connectivity index (χ2v) is 3.85. The average Bonchev–Trinajstić information content (AvgIpc) is 2.07. The van der Waals surface area contributed by atoms with Crippen molar-refractivity contribution in [1.82, 2.24) is 0 Å². The fourth-order valence-electron chi connectivity index (χ4n) is 1.70. The Morgan fingerprint density at radius 2 is 2.17 bits per heavy atom. The Kier molecular flexibility index (Phi) is 4.02. The molecular weight excluding hydrogens is 152 g/mol. The molecule has 0 aromatic rings. The first-order valence-electron chi connectivity index (χ1n) is 5.03. The van der Waals surface area contributed by atoms with Crippen molar-refractivity contribution in [2.45, 2.75) is 51.7 Å². The maximum Gasteiger partial charge on any atom is 0.0600 e. The molecule has 1 N–H and O–H groups in total. The SMILES string of the molecule is CCCO[C@H]1CC[C@H](C)[C@H](O)C1. The Hall–Kier alpha value is -0.0800. The van der Waals surface area contributed by atoms with Crippen LogP contribution in [0.4, 0.5) is 0 Å². The van der Waals surface area contributed by atoms with E-state index in [1.807, 2.05) is 0 Å². The lowest BCUT2D eigenvalue weighted by Crippen LogP contribution is -2.32. The molecule has 0 spiro atoms. The highest BCUT2D eigenvalue weighted by atomic mass is 16.5. The van der Waals surface area contributed by atoms with Gasteiger partial charge in [0.25, 0.3) is 0 Å². The van der Waals surface area contributed by atoms with Crippen LogP contribution >= 0.6 is 0 Å². The van der Waals surface area contributed by atoms with E-state index in [4.69, 9.17) is 4.74 Å². The van der Waals surface area contributed by atoms with E-state index >= 15 is 0 Å². The van der Waals surface area contributed by atoms with Gasteiger partial charge in [-0.1, -0.05) is 13.8 Å². The highest BCUT2D eigenvalue weighted by Gasteiger charge is 2.25. The van der Waals surface area contributed by atoms with Crippen LogP contribution in [-0.4, -0.2) is 23.9 Å². The van der Waals surface area contributed by atoms with Crippen LogP contribution in [0.25, 0.3) is 0 Å². The molecule has 0 aliphatic heterocycles. The van der Waals surface area contributed by atoms with Gasteiger partial charge in [0.05, 0.1) is 12.2 Å². The van der Waals surface area contributed by atoms with Crippen molar-refractivity contribution in [3.8, 4) is 0 Å². The van der Waals surface area contributed by atoms with Crippen LogP contribution in [0.2, 0.25) is 0 Å². The minimum absolute atomic E-state index is 0.138. The highest BCUT2D eigenvalue weighted by Crippen LogP contribution is 2.26. The predicted molar refractivity (Wildman–Crippen MR) is 49.1 cm³/mol. The molecular formula is C10H20O2. The van der Waals surface area contributed by atoms with Crippen molar-refractivity contribution < 1.29 is 9.84 Å². The molecule has 0 aromatic carbocycles. The van der Waals surface area contributed by atoms with Crippen molar-refractivity contribution in [2.24, 2.45) is 5.92 Å². The zero-order chi connectivity index (χ0) is 8.97. The Balaban J connectivity index is 2.21. The highest BCUT2D eigenvalue weighted by molar-refractivity contribution is 4.77. The zero-order valence-corrected chi connectivity index (χ0v) is 8.12. The molecule has 1 fully saturated rings. The van der Waals surface area contributed by atoms with E-state index in [9.17, 15) is 5.11 Å². The zero-order valence-electron chi connectivity index (χ0n) is 8.12. The van der Waals surface area contributed by atoms with Gasteiger partial charge in [-0.25, -0.2) is 0 Å². The van der Waals surface area contributed by atoms with Gasteiger partial charge in [0.1, 0.15) is 0 Å². The van der Waals surface area contributed by atoms with Crippen LogP contribution in [-0.2, 0) is 4.74 Å². The van der Waals surface area contributed by atoms with Gasteiger partial charge in [0.2, 0.25) is 0 Å². The van der Waals surface area contributed by atoms with E-state index in [0.717, 1.165) is 32.3 Å². The number of ether oxygens (including phenoxy) is 1. The van der Waals surface area contributed by atoms with Gasteiger partial charge >= 0.3 is 0 Å². The summed E-state index contributed by atoms with van der Waals surface area (Å²) in [6.07, 6.45) is 4.31. The first-order chi connectivity index (χ1) is 5.74. The topological polar surface area (TPSA) is 29.5 Å². The third-order valence-corrected chi connectivity index (χ3v) is 2.66. The molecule has 12 heavy (non-hydrogen) atoms. The Labute approximate surface area is 74.9 Å². The number of hydrogen-bond acceptors (Lipinski definition) is 2. The third kappa shape index (κ3) is 2.76. The number of rotatable bonds is 3. The number of aliphatic hydroxyl groups excluding tert-OH is 1. The van der Waals surface area contributed by atoms with Crippen molar-refractivity contribution in [3.63, 3.8) is 0 Å². The molecule has 72 valence electrons. The summed E-state index contributed by atoms with van der Waals surface area (Å²) in [6.45, 7) is 5.06. The molecule has 1 aliphatic carbocycles. The largest absolute Gasteiger partial charge is 0.393 e. The van der Waals surface area contributed by atoms with Gasteiger partial charge < -0.3 is 9.84 Å². The molecule has 0 unspecified atom stereocenters. The van der Waals surface area contributed by atoms with Crippen molar-refractivity contribution in [1.29, 1.82) is 0 Å². The molecule has 1 rings (SSSR count). The normalized spacial score (nSPS) is 36.8. The third-order valence-electron chi connectivity index (χ3n) is 2.66. The van der Waals surface area contributed by atoms with Crippen LogP contribution in [0.1, 0.15) is 39.5 Å². The molecule has 2 nitrogen and oxygen atoms in total. The summed E-state index contributed by atoms with van der Waals surface area (Å²) >= 11 is 0. The van der Waals surface area contributed by atoms with Crippen LogP contribution < -0.4 is 0 Å². The Morgan fingerprint density at radius 1 is 1.42 bits per heavy atom. The second-order valence-electron chi connectivity index (χ2n) is 3.85. The van der Waals surface area contributed by atoms with Crippen molar-refractivity contribution in [3.05, 3.63) is 0 Å². The minimum atomic E-state index is -0.138. The summed E-state index contributed by atoms with van der Waals surface area (Å²) in [5.41, 5.74) is 0. The minimum Gasteiger partial charge on any atom is -0.393 e. The molecule has 0 amide bonds. The lowest BCUT2D eigenvalue weighted by molar-refractivity contribution is -0.0349. The lowest BCUT2D eigenvalue weighted by atomic mass is 9.86. The molecule has 0 heterocycles. The maximum absolute atomic E-state index is 9.57. The number of aliphatic hydroxyl groups is 1. The van der Waals surface area contributed by atoms with E-state index in [2.05, 4.69) is 13.8 Å². The van der Waals surface area contributed by atoms with Gasteiger partial charge in [-0.3, -0.25) is 0 Å². The predicted octanol–water partition coefficient (Wildman–Crippen LogP) is 1.96. The first kappa shape index (κ1) is 10.0. The summed E-state index contributed by atoms with van der Waals surface area (Å²) in [4.78, 5) is 0. The van der Waals surface area contributed by atoms with E-state index < -0.39 is 0 Å². The van der Waals surface area contributed by atoms with Gasteiger partial charge in [-0.05, 0) is 31.6 Å². The number of hydrogen-bond donors (Lipinski definition) is 1. The summed E-state index contributed by atoms with van der Waals surface area (Å²) in [5, 5.41) is 9.57. The summed E-state index contributed by atoms with van der Waals surface area (Å²) in [7, 11) is 0. The molecule has 3 atom stereocenters. The standard InChI is InChI=1S/C10H20O2/c1-3-6-12-9-5-4-8(2)10(11)7-9/h8-11H,3-7H2,1-2H3/t8-,9-,10+/m0/s1. The lowest BCUT2D eigenvalue weighted by Gasteiger charge is -2.30. The van der Waals surface area contributed by atoms with Gasteiger partial charge in [-0.15, -0.1) is 0 Å². The summed E-state index contributed by atoms with van der Waals surface area (Å²) < 4.78 is 5.59. The average molecular weight is 172 g/mol. The smallest absolute Gasteiger partial charge is 0.0600 e. The van der Waals surface area contributed by atoms with Crippen LogP contribution in [0.5, 0.6) is 0 Å². The van der Waals surface area contributed by atoms with E-state index in [0.29, 0.717) is 12.0 Å². The summed E-state index contributed by atoms with van der Waals surface area (Å²) in [5.74, 6) is 0.464. The van der Waals surface area contributed by atoms with Gasteiger partial charge in [0, 0.05) is 6.61 Å². The Bertz CT molecular complexity index is 123.